The molecule has 0 aliphatic carbocycles. The molecular formula is C18H28O2. The molecule has 0 aromatic heterocycles. The van der Waals surface area contributed by atoms with Crippen molar-refractivity contribution < 1.29 is 9.47 Å². The fraction of sp³-hybridized carbons (Fsp3) is 0.556. The molecule has 0 saturated carbocycles. The molecule has 20 heavy (non-hydrogen) atoms. The van der Waals surface area contributed by atoms with Crippen LogP contribution < -0.4 is 4.74 Å². The summed E-state index contributed by atoms with van der Waals surface area (Å²) in [6.07, 6.45) is 12.0. The summed E-state index contributed by atoms with van der Waals surface area (Å²) in [6.45, 7) is 3.65. The van der Waals surface area contributed by atoms with Crippen LogP contribution in [0.1, 0.15) is 51.0 Å². The number of unbranched alkanes of at least 4 members (excludes halogenated alkanes) is 5. The van der Waals surface area contributed by atoms with Crippen molar-refractivity contribution in [2.75, 3.05) is 13.7 Å². The van der Waals surface area contributed by atoms with Gasteiger partial charge < -0.3 is 9.47 Å². The highest BCUT2D eigenvalue weighted by Crippen LogP contribution is 2.12. The third-order valence-corrected chi connectivity index (χ3v) is 3.32. The van der Waals surface area contributed by atoms with Gasteiger partial charge in [0.05, 0.1) is 13.7 Å². The number of hydrogen-bond donors (Lipinski definition) is 0. The molecule has 0 amide bonds. The summed E-state index contributed by atoms with van der Waals surface area (Å²) in [5, 5.41) is 0. The average molecular weight is 276 g/mol. The van der Waals surface area contributed by atoms with Crippen LogP contribution in [0.4, 0.5) is 0 Å². The van der Waals surface area contributed by atoms with Gasteiger partial charge in [0.1, 0.15) is 5.75 Å². The van der Waals surface area contributed by atoms with E-state index in [1.165, 1.54) is 44.1 Å². The number of benzene rings is 1. The van der Waals surface area contributed by atoms with Gasteiger partial charge in [0, 0.05) is 6.61 Å². The molecule has 0 saturated heterocycles. The minimum absolute atomic E-state index is 0.700. The van der Waals surface area contributed by atoms with Crippen molar-refractivity contribution in [1.82, 2.24) is 0 Å². The zero-order chi connectivity index (χ0) is 14.5. The predicted molar refractivity (Wildman–Crippen MR) is 85.2 cm³/mol. The first kappa shape index (κ1) is 16.8. The van der Waals surface area contributed by atoms with E-state index < -0.39 is 0 Å². The van der Waals surface area contributed by atoms with E-state index in [0.29, 0.717) is 6.61 Å². The second-order valence-corrected chi connectivity index (χ2v) is 5.03. The fourth-order valence-electron chi connectivity index (χ4n) is 2.08. The third-order valence-electron chi connectivity index (χ3n) is 3.32. The molecule has 2 heteroatoms. The molecule has 2 nitrogen and oxygen atoms in total. The predicted octanol–water partition coefficient (Wildman–Crippen LogP) is 5.13. The van der Waals surface area contributed by atoms with Gasteiger partial charge in [-0.15, -0.1) is 0 Å². The van der Waals surface area contributed by atoms with Crippen LogP contribution >= 0.6 is 0 Å². The molecule has 0 atom stereocenters. The van der Waals surface area contributed by atoms with Crippen LogP contribution in [0.3, 0.4) is 0 Å². The van der Waals surface area contributed by atoms with E-state index in [0.717, 1.165) is 12.4 Å². The molecule has 0 spiro atoms. The number of methoxy groups -OCH3 is 1. The highest BCUT2D eigenvalue weighted by atomic mass is 16.5. The Balaban J connectivity index is 1.93. The standard InChI is InChI=1S/C18H28O2/c1-3-4-5-6-7-8-9-10-15-20-16-17-11-13-18(19-2)14-12-17/h3-4,11-14H,5-10,15-16H2,1-2H3/b4-3+. The smallest absolute Gasteiger partial charge is 0.118 e. The summed E-state index contributed by atoms with van der Waals surface area (Å²) >= 11 is 0. The van der Waals surface area contributed by atoms with Crippen LogP contribution in [0, 0.1) is 0 Å². The van der Waals surface area contributed by atoms with Crippen LogP contribution in [0.15, 0.2) is 36.4 Å². The molecule has 1 aromatic carbocycles. The van der Waals surface area contributed by atoms with Crippen molar-refractivity contribution in [3.8, 4) is 5.75 Å². The van der Waals surface area contributed by atoms with Gasteiger partial charge in [0.15, 0.2) is 0 Å². The Morgan fingerprint density at radius 2 is 1.65 bits per heavy atom. The fourth-order valence-corrected chi connectivity index (χ4v) is 2.08. The van der Waals surface area contributed by atoms with Crippen molar-refractivity contribution in [1.29, 1.82) is 0 Å². The minimum atomic E-state index is 0.700. The van der Waals surface area contributed by atoms with E-state index in [1.54, 1.807) is 7.11 Å². The maximum absolute atomic E-state index is 5.69. The highest BCUT2D eigenvalue weighted by Gasteiger charge is 1.95. The Hall–Kier alpha value is -1.28. The van der Waals surface area contributed by atoms with Crippen molar-refractivity contribution in [3.63, 3.8) is 0 Å². The summed E-state index contributed by atoms with van der Waals surface area (Å²) < 4.78 is 10.8. The van der Waals surface area contributed by atoms with E-state index in [1.807, 2.05) is 12.1 Å². The zero-order valence-corrected chi connectivity index (χ0v) is 12.9. The molecule has 0 radical (unpaired) electrons. The lowest BCUT2D eigenvalue weighted by atomic mass is 10.1. The van der Waals surface area contributed by atoms with E-state index in [-0.39, 0.29) is 0 Å². The van der Waals surface area contributed by atoms with Crippen molar-refractivity contribution in [2.24, 2.45) is 0 Å². The molecule has 1 rings (SSSR count). The Labute approximate surface area is 123 Å². The second-order valence-electron chi connectivity index (χ2n) is 5.03. The van der Waals surface area contributed by atoms with Crippen LogP contribution in [0.5, 0.6) is 5.75 Å². The molecule has 112 valence electrons. The molecule has 1 aromatic rings. The van der Waals surface area contributed by atoms with Crippen LogP contribution in [-0.4, -0.2) is 13.7 Å². The molecule has 0 heterocycles. The molecule has 0 fully saturated rings. The first-order chi connectivity index (χ1) is 9.86. The molecular weight excluding hydrogens is 248 g/mol. The van der Waals surface area contributed by atoms with Gasteiger partial charge in [-0.25, -0.2) is 0 Å². The quantitative estimate of drug-likeness (QED) is 0.412. The Morgan fingerprint density at radius 1 is 0.950 bits per heavy atom. The summed E-state index contributed by atoms with van der Waals surface area (Å²) in [5.41, 5.74) is 1.21. The summed E-state index contributed by atoms with van der Waals surface area (Å²) in [4.78, 5) is 0. The van der Waals surface area contributed by atoms with Gasteiger partial charge in [-0.3, -0.25) is 0 Å². The van der Waals surface area contributed by atoms with Gasteiger partial charge in [0.2, 0.25) is 0 Å². The molecule has 0 aliphatic rings. The van der Waals surface area contributed by atoms with Crippen molar-refractivity contribution in [2.45, 2.75) is 52.1 Å². The van der Waals surface area contributed by atoms with E-state index >= 15 is 0 Å². The summed E-state index contributed by atoms with van der Waals surface area (Å²) in [5.74, 6) is 0.895. The molecule has 0 aliphatic heterocycles. The lowest BCUT2D eigenvalue weighted by Crippen LogP contribution is -1.95. The SMILES string of the molecule is C/C=C/CCCCCCCOCc1ccc(OC)cc1. The molecule has 0 unspecified atom stereocenters. The largest absolute Gasteiger partial charge is 0.497 e. The van der Waals surface area contributed by atoms with E-state index in [4.69, 9.17) is 9.47 Å². The maximum Gasteiger partial charge on any atom is 0.118 e. The number of ether oxygens (including phenoxy) is 2. The first-order valence-corrected chi connectivity index (χ1v) is 7.68. The van der Waals surface area contributed by atoms with Crippen molar-refractivity contribution >= 4 is 0 Å². The number of rotatable bonds is 11. The zero-order valence-electron chi connectivity index (χ0n) is 12.9. The van der Waals surface area contributed by atoms with Gasteiger partial charge >= 0.3 is 0 Å². The molecule has 0 bridgehead atoms. The van der Waals surface area contributed by atoms with Crippen LogP contribution in [0.25, 0.3) is 0 Å². The lowest BCUT2D eigenvalue weighted by Gasteiger charge is -2.05. The first-order valence-electron chi connectivity index (χ1n) is 7.68. The van der Waals surface area contributed by atoms with E-state index in [9.17, 15) is 0 Å². The topological polar surface area (TPSA) is 18.5 Å². The third kappa shape index (κ3) is 8.00. The van der Waals surface area contributed by atoms with Gasteiger partial charge in [-0.05, 0) is 43.9 Å². The Bertz CT molecular complexity index is 354. The van der Waals surface area contributed by atoms with Gasteiger partial charge in [0.25, 0.3) is 0 Å². The minimum Gasteiger partial charge on any atom is -0.497 e. The normalized spacial score (nSPS) is 11.1. The maximum atomic E-state index is 5.69. The monoisotopic (exact) mass is 276 g/mol. The Morgan fingerprint density at radius 3 is 2.35 bits per heavy atom. The van der Waals surface area contributed by atoms with E-state index in [2.05, 4.69) is 31.2 Å². The summed E-state index contributed by atoms with van der Waals surface area (Å²) in [7, 11) is 1.68. The van der Waals surface area contributed by atoms with Crippen molar-refractivity contribution in [3.05, 3.63) is 42.0 Å². The highest BCUT2D eigenvalue weighted by molar-refractivity contribution is 5.26. The Kier molecular flexibility index (Phi) is 9.68. The van der Waals surface area contributed by atoms with Gasteiger partial charge in [-0.1, -0.05) is 43.5 Å². The lowest BCUT2D eigenvalue weighted by molar-refractivity contribution is 0.116. The summed E-state index contributed by atoms with van der Waals surface area (Å²) in [6, 6.07) is 8.06. The number of hydrogen-bond acceptors (Lipinski definition) is 2. The molecule has 0 N–H and O–H groups in total. The van der Waals surface area contributed by atoms with Crippen LogP contribution in [0.2, 0.25) is 0 Å². The number of allylic oxidation sites excluding steroid dienone is 2. The average Bonchev–Trinajstić information content (AvgIpc) is 2.50. The van der Waals surface area contributed by atoms with Gasteiger partial charge in [-0.2, -0.15) is 0 Å². The van der Waals surface area contributed by atoms with Crippen LogP contribution in [-0.2, 0) is 11.3 Å². The second kappa shape index (κ2) is 11.5.